The van der Waals surface area contributed by atoms with Gasteiger partial charge in [0.05, 0.1) is 16.0 Å². The van der Waals surface area contributed by atoms with E-state index in [1.165, 1.54) is 46.4 Å². The number of nitrogens with zero attached hydrogens (tertiary/aromatic N) is 3. The number of benzene rings is 1. The van der Waals surface area contributed by atoms with E-state index in [9.17, 15) is 14.4 Å². The summed E-state index contributed by atoms with van der Waals surface area (Å²) in [6.07, 6.45) is 8.49. The molecular weight excluding hydrogens is 540 g/mol. The predicted octanol–water partition coefficient (Wildman–Crippen LogP) is 5.46. The summed E-state index contributed by atoms with van der Waals surface area (Å²) in [5.41, 5.74) is 2.91. The van der Waals surface area contributed by atoms with E-state index >= 15 is 0 Å². The van der Waals surface area contributed by atoms with Gasteiger partial charge in [-0.15, -0.1) is 11.3 Å². The van der Waals surface area contributed by atoms with Crippen molar-refractivity contribution in [3.8, 4) is 0 Å². The van der Waals surface area contributed by atoms with Crippen molar-refractivity contribution in [2.24, 2.45) is 0 Å². The van der Waals surface area contributed by atoms with Gasteiger partial charge in [-0.25, -0.2) is 4.98 Å². The lowest BCUT2D eigenvalue weighted by Crippen LogP contribution is -2.28. The third-order valence-corrected chi connectivity index (χ3v) is 9.04. The van der Waals surface area contributed by atoms with Crippen LogP contribution in [0.15, 0.2) is 45.9 Å². The summed E-state index contributed by atoms with van der Waals surface area (Å²) in [4.78, 5) is 46.3. The zero-order valence-corrected chi connectivity index (χ0v) is 24.4. The van der Waals surface area contributed by atoms with Gasteiger partial charge in [0.25, 0.3) is 11.5 Å². The summed E-state index contributed by atoms with van der Waals surface area (Å²) in [5, 5.41) is 4.60. The van der Waals surface area contributed by atoms with Crippen molar-refractivity contribution in [1.82, 2.24) is 19.8 Å². The molecule has 7 nitrogen and oxygen atoms in total. The number of carbonyl (C=O) groups is 2. The van der Waals surface area contributed by atoms with Gasteiger partial charge in [-0.3, -0.25) is 19.0 Å². The Balaban J connectivity index is 1.56. The van der Waals surface area contributed by atoms with Crippen LogP contribution in [0.3, 0.4) is 0 Å². The molecule has 0 bridgehead atoms. The first-order chi connectivity index (χ1) is 18.2. The summed E-state index contributed by atoms with van der Waals surface area (Å²) >= 11 is 8.50. The van der Waals surface area contributed by atoms with Gasteiger partial charge in [0, 0.05) is 32.2 Å². The van der Waals surface area contributed by atoms with E-state index in [-0.39, 0.29) is 23.1 Å². The van der Waals surface area contributed by atoms with Gasteiger partial charge in [-0.05, 0) is 68.7 Å². The molecular formula is C28H33ClN4O3S2. The van der Waals surface area contributed by atoms with Crippen molar-refractivity contribution in [3.05, 3.63) is 67.3 Å². The first kappa shape index (κ1) is 28.4. The molecule has 0 saturated carbocycles. The molecule has 3 aromatic rings. The number of halogens is 1. The minimum atomic E-state index is -0.192. The van der Waals surface area contributed by atoms with Gasteiger partial charge < -0.3 is 10.2 Å². The van der Waals surface area contributed by atoms with Crippen LogP contribution in [-0.2, 0) is 17.8 Å². The number of amides is 2. The molecule has 2 amide bonds. The van der Waals surface area contributed by atoms with Crippen molar-refractivity contribution in [3.63, 3.8) is 0 Å². The number of carbonyl (C=O) groups excluding carboxylic acids is 2. The molecule has 202 valence electrons. The summed E-state index contributed by atoms with van der Waals surface area (Å²) < 4.78 is 1.63. The third-order valence-electron chi connectivity index (χ3n) is 6.64. The van der Waals surface area contributed by atoms with Crippen LogP contribution < -0.4 is 10.9 Å². The molecule has 0 unspecified atom stereocenters. The highest BCUT2D eigenvalue weighted by atomic mass is 35.5. The number of fused-ring (bicyclic) bond motifs is 1. The second-order valence-corrected chi connectivity index (χ2v) is 12.0. The van der Waals surface area contributed by atoms with Crippen molar-refractivity contribution in [1.29, 1.82) is 0 Å². The fraction of sp³-hybridized carbons (Fsp3) is 0.429. The van der Waals surface area contributed by atoms with Crippen LogP contribution in [0.5, 0.6) is 0 Å². The molecule has 10 heteroatoms. The fourth-order valence-corrected chi connectivity index (χ4v) is 6.70. The second kappa shape index (κ2) is 13.0. The fourth-order valence-electron chi connectivity index (χ4n) is 4.48. The molecule has 2 aromatic heterocycles. The largest absolute Gasteiger partial charge is 0.355 e. The van der Waals surface area contributed by atoms with Crippen LogP contribution >= 0.6 is 34.7 Å². The molecule has 0 radical (unpaired) electrons. The van der Waals surface area contributed by atoms with E-state index in [2.05, 4.69) is 11.4 Å². The SMILES string of the molecule is Cc1c(C(=O)N(C)C)sc2nc(SCC(=O)NCCC3=CCCCC3)n(CCc3ccc(Cl)cc3)c(=O)c12. The molecule has 2 heterocycles. The maximum Gasteiger partial charge on any atom is 0.263 e. The number of aryl methyl sites for hydroxylation is 2. The Kier molecular flexibility index (Phi) is 9.68. The summed E-state index contributed by atoms with van der Waals surface area (Å²) in [6, 6.07) is 7.52. The molecule has 0 atom stereocenters. The number of thiophene rings is 1. The standard InChI is InChI=1S/C28H33ClN4O3S2/c1-18-23-25(38-24(18)27(36)32(2)3)31-28(33(26(23)35)16-14-20-9-11-21(29)12-10-20)37-17-22(34)30-15-13-19-7-5-4-6-8-19/h7,9-12H,4-6,8,13-17H2,1-3H3,(H,30,34). The third kappa shape index (κ3) is 6.87. The lowest BCUT2D eigenvalue weighted by molar-refractivity contribution is -0.118. The average molecular weight is 573 g/mol. The molecule has 0 fully saturated rings. The maximum atomic E-state index is 13.7. The van der Waals surface area contributed by atoms with Gasteiger partial charge >= 0.3 is 0 Å². The monoisotopic (exact) mass is 572 g/mol. The molecule has 38 heavy (non-hydrogen) atoms. The van der Waals surface area contributed by atoms with E-state index in [0.717, 1.165) is 24.8 Å². The Morgan fingerprint density at radius 3 is 2.63 bits per heavy atom. The molecule has 1 aliphatic carbocycles. The number of thioether (sulfide) groups is 1. The van der Waals surface area contributed by atoms with Crippen LogP contribution in [0.2, 0.25) is 5.02 Å². The topological polar surface area (TPSA) is 84.3 Å². The second-order valence-electron chi connectivity index (χ2n) is 9.66. The van der Waals surface area contributed by atoms with Crippen molar-refractivity contribution in [2.75, 3.05) is 26.4 Å². The molecule has 4 rings (SSSR count). The highest BCUT2D eigenvalue weighted by Gasteiger charge is 2.23. The number of hydrogen-bond donors (Lipinski definition) is 1. The summed E-state index contributed by atoms with van der Waals surface area (Å²) in [5.74, 6) is -0.0821. The summed E-state index contributed by atoms with van der Waals surface area (Å²) in [6.45, 7) is 2.80. The number of aromatic nitrogens is 2. The number of hydrogen-bond acceptors (Lipinski definition) is 6. The number of allylic oxidation sites excluding steroid dienone is 1. The van der Waals surface area contributed by atoms with E-state index in [1.807, 2.05) is 24.3 Å². The molecule has 1 aromatic carbocycles. The smallest absolute Gasteiger partial charge is 0.263 e. The van der Waals surface area contributed by atoms with Crippen LogP contribution in [0.1, 0.15) is 52.9 Å². The van der Waals surface area contributed by atoms with Gasteiger partial charge in [0.2, 0.25) is 5.91 Å². The number of nitrogens with one attached hydrogen (secondary N) is 1. The molecule has 1 N–H and O–H groups in total. The minimum Gasteiger partial charge on any atom is -0.355 e. The highest BCUT2D eigenvalue weighted by molar-refractivity contribution is 7.99. The molecule has 0 spiro atoms. The lowest BCUT2D eigenvalue weighted by Gasteiger charge is -2.14. The average Bonchev–Trinajstić information content (AvgIpc) is 3.24. The van der Waals surface area contributed by atoms with Gasteiger partial charge in [-0.1, -0.05) is 47.1 Å². The Labute approximate surface area is 236 Å². The van der Waals surface area contributed by atoms with Crippen molar-refractivity contribution >= 4 is 56.7 Å². The predicted molar refractivity (Wildman–Crippen MR) is 157 cm³/mol. The van der Waals surface area contributed by atoms with E-state index in [1.54, 1.807) is 25.6 Å². The van der Waals surface area contributed by atoms with Crippen LogP contribution in [0.25, 0.3) is 10.2 Å². The van der Waals surface area contributed by atoms with Gasteiger partial charge in [-0.2, -0.15) is 0 Å². The van der Waals surface area contributed by atoms with Crippen LogP contribution in [0, 0.1) is 6.92 Å². The van der Waals surface area contributed by atoms with Crippen molar-refractivity contribution in [2.45, 2.75) is 57.1 Å². The Bertz CT molecular complexity index is 1410. The minimum absolute atomic E-state index is 0.0872. The maximum absolute atomic E-state index is 13.7. The molecule has 1 aliphatic rings. The normalized spacial score (nSPS) is 13.4. The first-order valence-electron chi connectivity index (χ1n) is 12.8. The first-order valence-corrected chi connectivity index (χ1v) is 15.0. The Morgan fingerprint density at radius 2 is 1.95 bits per heavy atom. The van der Waals surface area contributed by atoms with Crippen LogP contribution in [0.4, 0.5) is 0 Å². The quantitative estimate of drug-likeness (QED) is 0.198. The Morgan fingerprint density at radius 1 is 1.18 bits per heavy atom. The van der Waals surface area contributed by atoms with E-state index < -0.39 is 0 Å². The highest BCUT2D eigenvalue weighted by Crippen LogP contribution is 2.30. The van der Waals surface area contributed by atoms with E-state index in [0.29, 0.717) is 50.3 Å². The summed E-state index contributed by atoms with van der Waals surface area (Å²) in [7, 11) is 3.38. The zero-order chi connectivity index (χ0) is 27.2. The zero-order valence-electron chi connectivity index (χ0n) is 22.0. The van der Waals surface area contributed by atoms with Gasteiger partial charge in [0.15, 0.2) is 5.16 Å². The lowest BCUT2D eigenvalue weighted by atomic mass is 9.97. The van der Waals surface area contributed by atoms with Crippen LogP contribution in [-0.4, -0.2) is 52.7 Å². The van der Waals surface area contributed by atoms with Crippen molar-refractivity contribution < 1.29 is 9.59 Å². The molecule has 0 aliphatic heterocycles. The van der Waals surface area contributed by atoms with Gasteiger partial charge in [0.1, 0.15) is 4.83 Å². The number of rotatable bonds is 10. The molecule has 0 saturated heterocycles. The van der Waals surface area contributed by atoms with E-state index in [4.69, 9.17) is 16.6 Å². The Hall–Kier alpha value is -2.62.